The molecule has 1 fully saturated rings. The molecule has 3 rings (SSSR count). The Morgan fingerprint density at radius 3 is 2.84 bits per heavy atom. The van der Waals surface area contributed by atoms with E-state index in [0.29, 0.717) is 16.9 Å². The number of halogens is 1. The van der Waals surface area contributed by atoms with E-state index >= 15 is 0 Å². The third-order valence-corrected chi connectivity index (χ3v) is 3.93. The number of hydrogen-bond acceptors (Lipinski definition) is 3. The summed E-state index contributed by atoms with van der Waals surface area (Å²) in [6.07, 6.45) is 6.76. The average molecular weight is 277 g/mol. The van der Waals surface area contributed by atoms with E-state index in [2.05, 4.69) is 17.0 Å². The molecule has 2 aromatic rings. The minimum absolute atomic E-state index is 0.524. The van der Waals surface area contributed by atoms with E-state index in [-0.39, 0.29) is 0 Å². The van der Waals surface area contributed by atoms with Gasteiger partial charge in [-0.15, -0.1) is 0 Å². The molecule has 2 aromatic heterocycles. The van der Waals surface area contributed by atoms with Crippen LogP contribution in [0.2, 0.25) is 5.15 Å². The lowest BCUT2D eigenvalue weighted by atomic mass is 10.0. The molecule has 1 saturated carbocycles. The van der Waals surface area contributed by atoms with Crippen LogP contribution in [0.1, 0.15) is 44.2 Å². The Morgan fingerprint density at radius 2 is 2.11 bits per heavy atom. The van der Waals surface area contributed by atoms with Gasteiger partial charge in [-0.1, -0.05) is 24.4 Å². The molecular formula is C14H17ClN4. The third kappa shape index (κ3) is 2.50. The summed E-state index contributed by atoms with van der Waals surface area (Å²) in [5.41, 5.74) is 2.01. The molecule has 0 aliphatic heterocycles. The first-order valence-corrected chi connectivity index (χ1v) is 7.22. The molecule has 19 heavy (non-hydrogen) atoms. The van der Waals surface area contributed by atoms with Gasteiger partial charge < -0.3 is 0 Å². The second kappa shape index (κ2) is 5.29. The average Bonchev–Trinajstić information content (AvgIpc) is 3.09. The maximum atomic E-state index is 6.16. The Bertz CT molecular complexity index is 573. The summed E-state index contributed by atoms with van der Waals surface area (Å²) in [4.78, 5) is 9.06. The second-order valence-corrected chi connectivity index (χ2v) is 5.34. The quantitative estimate of drug-likeness (QED) is 0.804. The van der Waals surface area contributed by atoms with Crippen molar-refractivity contribution in [3.63, 3.8) is 0 Å². The minimum Gasteiger partial charge on any atom is -0.262 e. The van der Waals surface area contributed by atoms with Gasteiger partial charge in [0.25, 0.3) is 0 Å². The predicted molar refractivity (Wildman–Crippen MR) is 75.1 cm³/mol. The molecule has 1 aliphatic carbocycles. The van der Waals surface area contributed by atoms with Crippen molar-refractivity contribution in [2.45, 2.75) is 45.1 Å². The Labute approximate surface area is 117 Å². The van der Waals surface area contributed by atoms with Gasteiger partial charge in [0, 0.05) is 24.4 Å². The maximum Gasteiger partial charge on any atom is 0.179 e. The Balaban J connectivity index is 2.02. The summed E-state index contributed by atoms with van der Waals surface area (Å²) >= 11 is 6.16. The van der Waals surface area contributed by atoms with E-state index in [9.17, 15) is 0 Å². The first kappa shape index (κ1) is 12.6. The van der Waals surface area contributed by atoms with Crippen LogP contribution in [0.5, 0.6) is 0 Å². The van der Waals surface area contributed by atoms with Crippen LogP contribution in [0, 0.1) is 0 Å². The molecule has 0 saturated heterocycles. The van der Waals surface area contributed by atoms with Crippen molar-refractivity contribution in [1.82, 2.24) is 19.7 Å². The van der Waals surface area contributed by atoms with Crippen molar-refractivity contribution < 1.29 is 0 Å². The highest BCUT2D eigenvalue weighted by Gasteiger charge is 2.20. The molecule has 0 spiro atoms. The highest BCUT2D eigenvalue weighted by molar-refractivity contribution is 6.29. The van der Waals surface area contributed by atoms with Gasteiger partial charge in [-0.25, -0.2) is 9.97 Å². The highest BCUT2D eigenvalue weighted by atomic mass is 35.5. The predicted octanol–water partition coefficient (Wildman–Crippen LogP) is 3.67. The molecule has 2 heterocycles. The van der Waals surface area contributed by atoms with Crippen molar-refractivity contribution >= 4 is 11.6 Å². The molecule has 1 aliphatic rings. The van der Waals surface area contributed by atoms with Gasteiger partial charge in [-0.2, -0.15) is 5.10 Å². The van der Waals surface area contributed by atoms with Gasteiger partial charge in [-0.3, -0.25) is 4.68 Å². The van der Waals surface area contributed by atoms with Gasteiger partial charge in [0.15, 0.2) is 5.82 Å². The first-order chi connectivity index (χ1) is 9.28. The third-order valence-electron chi connectivity index (χ3n) is 3.73. The van der Waals surface area contributed by atoms with Gasteiger partial charge in [0.1, 0.15) is 10.8 Å². The van der Waals surface area contributed by atoms with Crippen molar-refractivity contribution in [2.24, 2.45) is 0 Å². The van der Waals surface area contributed by atoms with Crippen LogP contribution in [-0.4, -0.2) is 19.7 Å². The molecule has 5 heteroatoms. The summed E-state index contributed by atoms with van der Waals surface area (Å²) < 4.78 is 1.89. The van der Waals surface area contributed by atoms with Crippen molar-refractivity contribution in [1.29, 1.82) is 0 Å². The van der Waals surface area contributed by atoms with Crippen LogP contribution in [-0.2, 0) is 6.54 Å². The fourth-order valence-corrected chi connectivity index (χ4v) is 2.95. The summed E-state index contributed by atoms with van der Waals surface area (Å²) in [5, 5.41) is 4.79. The van der Waals surface area contributed by atoms with Crippen LogP contribution in [0.15, 0.2) is 18.3 Å². The van der Waals surface area contributed by atoms with Crippen LogP contribution in [0.4, 0.5) is 0 Å². The van der Waals surface area contributed by atoms with E-state index in [1.807, 2.05) is 16.8 Å². The molecule has 0 amide bonds. The smallest absolute Gasteiger partial charge is 0.179 e. The number of hydrogen-bond donors (Lipinski definition) is 0. The van der Waals surface area contributed by atoms with Gasteiger partial charge in [0.2, 0.25) is 0 Å². The molecule has 0 aromatic carbocycles. The van der Waals surface area contributed by atoms with Crippen molar-refractivity contribution in [2.75, 3.05) is 0 Å². The maximum absolute atomic E-state index is 6.16. The number of rotatable bonds is 3. The SMILES string of the molecule is CCn1nccc1-c1nc(Cl)cc(C2CCCC2)n1. The van der Waals surface area contributed by atoms with Crippen LogP contribution in [0.25, 0.3) is 11.5 Å². The number of aromatic nitrogens is 4. The number of aryl methyl sites for hydroxylation is 1. The molecule has 0 atom stereocenters. The van der Waals surface area contributed by atoms with Gasteiger partial charge in [0.05, 0.1) is 0 Å². The Morgan fingerprint density at radius 1 is 1.32 bits per heavy atom. The summed E-state index contributed by atoms with van der Waals surface area (Å²) in [7, 11) is 0. The molecule has 0 unspecified atom stereocenters. The summed E-state index contributed by atoms with van der Waals surface area (Å²) in [5.74, 6) is 1.23. The molecule has 0 N–H and O–H groups in total. The molecule has 4 nitrogen and oxygen atoms in total. The van der Waals surface area contributed by atoms with Gasteiger partial charge >= 0.3 is 0 Å². The number of nitrogens with zero attached hydrogens (tertiary/aromatic N) is 4. The Kier molecular flexibility index (Phi) is 3.51. The zero-order valence-electron chi connectivity index (χ0n) is 11.0. The second-order valence-electron chi connectivity index (χ2n) is 4.95. The fraction of sp³-hybridized carbons (Fsp3) is 0.500. The summed E-state index contributed by atoms with van der Waals surface area (Å²) in [6.45, 7) is 2.86. The van der Waals surface area contributed by atoms with E-state index in [1.165, 1.54) is 25.7 Å². The zero-order chi connectivity index (χ0) is 13.2. The zero-order valence-corrected chi connectivity index (χ0v) is 11.8. The topological polar surface area (TPSA) is 43.6 Å². The molecular weight excluding hydrogens is 260 g/mol. The largest absolute Gasteiger partial charge is 0.262 e. The van der Waals surface area contributed by atoms with E-state index < -0.39 is 0 Å². The lowest BCUT2D eigenvalue weighted by molar-refractivity contribution is 0.659. The van der Waals surface area contributed by atoms with Crippen LogP contribution >= 0.6 is 11.6 Å². The van der Waals surface area contributed by atoms with Crippen molar-refractivity contribution in [3.8, 4) is 11.5 Å². The van der Waals surface area contributed by atoms with E-state index in [0.717, 1.165) is 17.9 Å². The van der Waals surface area contributed by atoms with Crippen LogP contribution < -0.4 is 0 Å². The molecule has 100 valence electrons. The highest BCUT2D eigenvalue weighted by Crippen LogP contribution is 2.34. The van der Waals surface area contributed by atoms with E-state index in [1.54, 1.807) is 6.20 Å². The fourth-order valence-electron chi connectivity index (χ4n) is 2.75. The van der Waals surface area contributed by atoms with Crippen molar-refractivity contribution in [3.05, 3.63) is 29.2 Å². The lowest BCUT2D eigenvalue weighted by Crippen LogP contribution is -2.05. The lowest BCUT2D eigenvalue weighted by Gasteiger charge is -2.11. The molecule has 0 radical (unpaired) electrons. The van der Waals surface area contributed by atoms with Crippen LogP contribution in [0.3, 0.4) is 0 Å². The minimum atomic E-state index is 0.524. The first-order valence-electron chi connectivity index (χ1n) is 6.84. The van der Waals surface area contributed by atoms with Gasteiger partial charge in [-0.05, 0) is 31.9 Å². The standard InChI is InChI=1S/C14H17ClN4/c1-2-19-12(7-8-16-19)14-17-11(9-13(15)18-14)10-5-3-4-6-10/h7-10H,2-6H2,1H3. The normalized spacial score (nSPS) is 16.1. The summed E-state index contributed by atoms with van der Waals surface area (Å²) in [6, 6.07) is 3.85. The van der Waals surface area contributed by atoms with E-state index in [4.69, 9.17) is 16.6 Å². The monoisotopic (exact) mass is 276 g/mol. The molecule has 0 bridgehead atoms. The Hall–Kier alpha value is -1.42.